The van der Waals surface area contributed by atoms with Crippen LogP contribution in [0, 0.1) is 0 Å². The summed E-state index contributed by atoms with van der Waals surface area (Å²) in [5.74, 6) is 1.20. The topological polar surface area (TPSA) is 38.0 Å². The van der Waals surface area contributed by atoms with E-state index in [9.17, 15) is 0 Å². The lowest BCUT2D eigenvalue weighted by Crippen LogP contribution is -2.40. The van der Waals surface area contributed by atoms with Gasteiger partial charge in [-0.2, -0.15) is 11.8 Å². The smallest absolute Gasteiger partial charge is 0.0200 e. The SMILES string of the molecule is CSCCC(CN)NC(C)C. The van der Waals surface area contributed by atoms with Gasteiger partial charge in [-0.15, -0.1) is 0 Å². The van der Waals surface area contributed by atoms with Crippen LogP contribution in [0.5, 0.6) is 0 Å². The molecule has 0 rings (SSSR count). The van der Waals surface area contributed by atoms with E-state index in [0.29, 0.717) is 12.1 Å². The van der Waals surface area contributed by atoms with E-state index in [2.05, 4.69) is 25.4 Å². The van der Waals surface area contributed by atoms with Gasteiger partial charge in [-0.25, -0.2) is 0 Å². The van der Waals surface area contributed by atoms with Gasteiger partial charge in [0.1, 0.15) is 0 Å². The van der Waals surface area contributed by atoms with Crippen molar-refractivity contribution in [1.29, 1.82) is 0 Å². The molecule has 0 amide bonds. The molecule has 1 unspecified atom stereocenters. The standard InChI is InChI=1S/C8H20N2S/c1-7(2)10-8(6-9)4-5-11-3/h7-8,10H,4-6,9H2,1-3H3. The lowest BCUT2D eigenvalue weighted by molar-refractivity contribution is 0.460. The molecule has 68 valence electrons. The molecule has 0 aliphatic heterocycles. The number of rotatable bonds is 6. The van der Waals surface area contributed by atoms with E-state index < -0.39 is 0 Å². The van der Waals surface area contributed by atoms with Gasteiger partial charge >= 0.3 is 0 Å². The molecule has 0 aromatic heterocycles. The van der Waals surface area contributed by atoms with Crippen molar-refractivity contribution in [3.8, 4) is 0 Å². The van der Waals surface area contributed by atoms with Gasteiger partial charge in [0.25, 0.3) is 0 Å². The second kappa shape index (κ2) is 6.95. The van der Waals surface area contributed by atoms with Crippen LogP contribution in [-0.4, -0.2) is 30.6 Å². The Morgan fingerprint density at radius 3 is 2.45 bits per heavy atom. The zero-order valence-electron chi connectivity index (χ0n) is 7.76. The summed E-state index contributed by atoms with van der Waals surface area (Å²) in [6, 6.07) is 1.05. The summed E-state index contributed by atoms with van der Waals surface area (Å²) in [6.45, 7) is 5.06. The largest absolute Gasteiger partial charge is 0.329 e. The summed E-state index contributed by atoms with van der Waals surface area (Å²) >= 11 is 1.88. The number of thioether (sulfide) groups is 1. The second-order valence-corrected chi connectivity index (χ2v) is 4.02. The van der Waals surface area contributed by atoms with Crippen LogP contribution in [0.2, 0.25) is 0 Å². The summed E-state index contributed by atoms with van der Waals surface area (Å²) < 4.78 is 0. The maximum absolute atomic E-state index is 5.59. The third-order valence-corrected chi connectivity index (χ3v) is 2.17. The van der Waals surface area contributed by atoms with E-state index in [1.807, 2.05) is 11.8 Å². The molecule has 3 heteroatoms. The number of hydrogen-bond donors (Lipinski definition) is 2. The molecule has 0 aliphatic carbocycles. The van der Waals surface area contributed by atoms with Gasteiger partial charge in [0.15, 0.2) is 0 Å². The Morgan fingerprint density at radius 1 is 1.45 bits per heavy atom. The maximum Gasteiger partial charge on any atom is 0.0200 e. The molecule has 0 fully saturated rings. The molecule has 0 radical (unpaired) electrons. The Morgan fingerprint density at radius 2 is 2.09 bits per heavy atom. The van der Waals surface area contributed by atoms with Crippen molar-refractivity contribution < 1.29 is 0 Å². The maximum atomic E-state index is 5.59. The van der Waals surface area contributed by atoms with E-state index in [1.54, 1.807) is 0 Å². The molecule has 0 bridgehead atoms. The molecule has 2 nitrogen and oxygen atoms in total. The molecule has 11 heavy (non-hydrogen) atoms. The minimum atomic E-state index is 0.502. The van der Waals surface area contributed by atoms with Crippen molar-refractivity contribution >= 4 is 11.8 Å². The highest BCUT2D eigenvalue weighted by molar-refractivity contribution is 7.98. The highest BCUT2D eigenvalue weighted by atomic mass is 32.2. The first-order chi connectivity index (χ1) is 5.20. The molecule has 0 spiro atoms. The fraction of sp³-hybridized carbons (Fsp3) is 1.00. The van der Waals surface area contributed by atoms with E-state index >= 15 is 0 Å². The van der Waals surface area contributed by atoms with Gasteiger partial charge in [-0.1, -0.05) is 13.8 Å². The minimum absolute atomic E-state index is 0.502. The molecule has 0 aromatic rings. The molecule has 0 heterocycles. The van der Waals surface area contributed by atoms with Gasteiger partial charge in [0.2, 0.25) is 0 Å². The van der Waals surface area contributed by atoms with E-state index in [1.165, 1.54) is 12.2 Å². The minimum Gasteiger partial charge on any atom is -0.329 e. The fourth-order valence-electron chi connectivity index (χ4n) is 1.00. The highest BCUT2D eigenvalue weighted by Gasteiger charge is 2.05. The molecule has 0 aliphatic rings. The highest BCUT2D eigenvalue weighted by Crippen LogP contribution is 2.00. The van der Waals surface area contributed by atoms with Gasteiger partial charge in [0, 0.05) is 18.6 Å². The van der Waals surface area contributed by atoms with Crippen molar-refractivity contribution in [2.45, 2.75) is 32.4 Å². The Balaban J connectivity index is 3.41. The van der Waals surface area contributed by atoms with Crippen molar-refractivity contribution in [2.24, 2.45) is 5.73 Å². The summed E-state index contributed by atoms with van der Waals surface area (Å²) in [5.41, 5.74) is 5.59. The Bertz CT molecular complexity index is 86.2. The summed E-state index contributed by atoms with van der Waals surface area (Å²) in [4.78, 5) is 0. The second-order valence-electron chi connectivity index (χ2n) is 3.04. The third-order valence-electron chi connectivity index (χ3n) is 1.52. The molecular weight excluding hydrogens is 156 g/mol. The van der Waals surface area contributed by atoms with Crippen molar-refractivity contribution in [3.63, 3.8) is 0 Å². The van der Waals surface area contributed by atoms with Crippen LogP contribution in [0.3, 0.4) is 0 Å². The van der Waals surface area contributed by atoms with Crippen molar-refractivity contribution in [3.05, 3.63) is 0 Å². The number of nitrogens with two attached hydrogens (primary N) is 1. The zero-order chi connectivity index (χ0) is 8.69. The predicted octanol–water partition coefficient (Wildman–Crippen LogP) is 1.06. The van der Waals surface area contributed by atoms with Crippen LogP contribution < -0.4 is 11.1 Å². The average molecular weight is 176 g/mol. The van der Waals surface area contributed by atoms with Crippen LogP contribution in [0.15, 0.2) is 0 Å². The monoisotopic (exact) mass is 176 g/mol. The molecule has 0 saturated carbocycles. The summed E-state index contributed by atoms with van der Waals surface area (Å²) in [6.07, 6.45) is 3.30. The van der Waals surface area contributed by atoms with Gasteiger partial charge in [-0.05, 0) is 18.4 Å². The zero-order valence-corrected chi connectivity index (χ0v) is 8.58. The Hall–Kier alpha value is 0.270. The first kappa shape index (κ1) is 11.3. The van der Waals surface area contributed by atoms with Crippen LogP contribution in [0.1, 0.15) is 20.3 Å². The normalized spacial score (nSPS) is 13.9. The third kappa shape index (κ3) is 6.66. The number of hydrogen-bond acceptors (Lipinski definition) is 3. The fourth-order valence-corrected chi connectivity index (χ4v) is 1.52. The summed E-state index contributed by atoms with van der Waals surface area (Å²) in [5, 5.41) is 3.43. The van der Waals surface area contributed by atoms with Crippen molar-refractivity contribution in [2.75, 3.05) is 18.6 Å². The lowest BCUT2D eigenvalue weighted by Gasteiger charge is -2.18. The Labute approximate surface area is 74.3 Å². The van der Waals surface area contributed by atoms with E-state index in [0.717, 1.165) is 6.54 Å². The van der Waals surface area contributed by atoms with Gasteiger partial charge in [0.05, 0.1) is 0 Å². The van der Waals surface area contributed by atoms with Crippen LogP contribution in [0.25, 0.3) is 0 Å². The van der Waals surface area contributed by atoms with Crippen LogP contribution >= 0.6 is 11.8 Å². The molecule has 0 aromatic carbocycles. The lowest BCUT2D eigenvalue weighted by atomic mass is 10.2. The van der Waals surface area contributed by atoms with Crippen LogP contribution in [-0.2, 0) is 0 Å². The predicted molar refractivity (Wildman–Crippen MR) is 54.1 cm³/mol. The van der Waals surface area contributed by atoms with Gasteiger partial charge in [-0.3, -0.25) is 0 Å². The quantitative estimate of drug-likeness (QED) is 0.635. The average Bonchev–Trinajstić information content (AvgIpc) is 1.97. The Kier molecular flexibility index (Phi) is 7.12. The first-order valence-electron chi connectivity index (χ1n) is 4.15. The van der Waals surface area contributed by atoms with E-state index in [4.69, 9.17) is 5.73 Å². The summed E-state index contributed by atoms with van der Waals surface area (Å²) in [7, 11) is 0. The molecular formula is C8H20N2S. The molecule has 1 atom stereocenters. The van der Waals surface area contributed by atoms with Crippen LogP contribution in [0.4, 0.5) is 0 Å². The number of nitrogens with one attached hydrogen (secondary N) is 1. The molecule has 0 saturated heterocycles. The van der Waals surface area contributed by atoms with Gasteiger partial charge < -0.3 is 11.1 Å². The van der Waals surface area contributed by atoms with E-state index in [-0.39, 0.29) is 0 Å². The van der Waals surface area contributed by atoms with Crippen molar-refractivity contribution in [1.82, 2.24) is 5.32 Å². The first-order valence-corrected chi connectivity index (χ1v) is 5.55. The molecule has 3 N–H and O–H groups in total.